The fourth-order valence-corrected chi connectivity index (χ4v) is 1.93. The predicted octanol–water partition coefficient (Wildman–Crippen LogP) is 4.62. The third-order valence-corrected chi connectivity index (χ3v) is 2.85. The molecule has 0 saturated heterocycles. The van der Waals surface area contributed by atoms with E-state index in [-0.39, 0.29) is 0 Å². The fourth-order valence-electron chi connectivity index (χ4n) is 1.42. The number of rotatable bonds is 0. The summed E-state index contributed by atoms with van der Waals surface area (Å²) in [5.41, 5.74) is -0.618. The summed E-state index contributed by atoms with van der Waals surface area (Å²) in [7, 11) is 0. The Hall–Kier alpha value is -1.03. The molecule has 0 nitrogen and oxygen atoms in total. The average molecular weight is 275 g/mol. The van der Waals surface area contributed by atoms with E-state index >= 15 is 0 Å². The molecule has 2 aromatic rings. The van der Waals surface area contributed by atoms with E-state index in [0.717, 1.165) is 22.0 Å². The summed E-state index contributed by atoms with van der Waals surface area (Å²) in [6.07, 6.45) is -4.28. The van der Waals surface area contributed by atoms with Crippen LogP contribution in [0.25, 0.3) is 10.8 Å². The highest BCUT2D eigenvalue weighted by Crippen LogP contribution is 2.33. The molecule has 0 aromatic heterocycles. The molecule has 0 N–H and O–H groups in total. The minimum absolute atomic E-state index is 0.583. The van der Waals surface area contributed by atoms with Crippen molar-refractivity contribution >= 4 is 26.7 Å². The van der Waals surface area contributed by atoms with E-state index < -0.39 is 11.7 Å². The van der Waals surface area contributed by atoms with Crippen LogP contribution >= 0.6 is 15.9 Å². The van der Waals surface area contributed by atoms with Crippen LogP contribution in [0.4, 0.5) is 13.2 Å². The van der Waals surface area contributed by atoms with Crippen LogP contribution in [0.3, 0.4) is 0 Å². The van der Waals surface area contributed by atoms with Crippen LogP contribution in [0, 0.1) is 0 Å². The maximum atomic E-state index is 12.4. The highest BCUT2D eigenvalue weighted by atomic mass is 79.9. The summed E-state index contributed by atoms with van der Waals surface area (Å²) in [4.78, 5) is 0. The van der Waals surface area contributed by atoms with E-state index in [1.807, 2.05) is 0 Å². The second-order valence-electron chi connectivity index (χ2n) is 3.17. The molecule has 4 heteroatoms. The Morgan fingerprint density at radius 3 is 2.40 bits per heavy atom. The van der Waals surface area contributed by atoms with Crippen LogP contribution < -0.4 is 0 Å². The molecule has 0 unspecified atom stereocenters. The van der Waals surface area contributed by atoms with Gasteiger partial charge in [0.05, 0.1) is 5.56 Å². The SMILES string of the molecule is FC(F)(F)c1ccc2c(Br)cccc2c1. The molecule has 0 aliphatic heterocycles. The lowest BCUT2D eigenvalue weighted by Gasteiger charge is -2.08. The first-order valence-corrected chi connectivity index (χ1v) is 5.03. The molecule has 2 rings (SSSR count). The van der Waals surface area contributed by atoms with Crippen molar-refractivity contribution in [1.82, 2.24) is 0 Å². The van der Waals surface area contributed by atoms with Crippen LogP contribution in [0.1, 0.15) is 5.56 Å². The van der Waals surface area contributed by atoms with Gasteiger partial charge in [-0.2, -0.15) is 13.2 Å². The van der Waals surface area contributed by atoms with Crippen LogP contribution in [-0.4, -0.2) is 0 Å². The van der Waals surface area contributed by atoms with Crippen molar-refractivity contribution in [3.8, 4) is 0 Å². The van der Waals surface area contributed by atoms with Gasteiger partial charge in [-0.3, -0.25) is 0 Å². The minimum atomic E-state index is -4.28. The first-order chi connectivity index (χ1) is 6.98. The second-order valence-corrected chi connectivity index (χ2v) is 4.03. The van der Waals surface area contributed by atoms with Crippen LogP contribution in [-0.2, 0) is 6.18 Å². The Kier molecular flexibility index (Phi) is 2.46. The van der Waals surface area contributed by atoms with E-state index in [1.54, 1.807) is 18.2 Å². The van der Waals surface area contributed by atoms with Gasteiger partial charge in [0, 0.05) is 4.47 Å². The average Bonchev–Trinajstić information content (AvgIpc) is 2.16. The molecule has 78 valence electrons. The first-order valence-electron chi connectivity index (χ1n) is 4.24. The Morgan fingerprint density at radius 2 is 1.73 bits per heavy atom. The van der Waals surface area contributed by atoms with Crippen LogP contribution in [0.5, 0.6) is 0 Å². The third-order valence-electron chi connectivity index (χ3n) is 2.15. The third kappa shape index (κ3) is 2.00. The Labute approximate surface area is 92.8 Å². The zero-order valence-corrected chi connectivity index (χ0v) is 9.06. The largest absolute Gasteiger partial charge is 0.416 e. The smallest absolute Gasteiger partial charge is 0.166 e. The van der Waals surface area contributed by atoms with Crippen LogP contribution in [0.15, 0.2) is 40.9 Å². The van der Waals surface area contributed by atoms with E-state index in [0.29, 0.717) is 5.39 Å². The van der Waals surface area contributed by atoms with Gasteiger partial charge < -0.3 is 0 Å². The molecular formula is C11H6BrF3. The Morgan fingerprint density at radius 1 is 1.00 bits per heavy atom. The van der Waals surface area contributed by atoms with Crippen molar-refractivity contribution < 1.29 is 13.2 Å². The van der Waals surface area contributed by atoms with Gasteiger partial charge in [-0.25, -0.2) is 0 Å². The molecule has 0 atom stereocenters. The van der Waals surface area contributed by atoms with Gasteiger partial charge in [-0.05, 0) is 29.0 Å². The quantitative estimate of drug-likeness (QED) is 0.658. The van der Waals surface area contributed by atoms with Crippen LogP contribution in [0.2, 0.25) is 0 Å². The van der Waals surface area contributed by atoms with Crippen molar-refractivity contribution in [3.05, 3.63) is 46.4 Å². The van der Waals surface area contributed by atoms with Crippen molar-refractivity contribution in [1.29, 1.82) is 0 Å². The highest BCUT2D eigenvalue weighted by molar-refractivity contribution is 9.10. The zero-order valence-electron chi connectivity index (χ0n) is 7.48. The van der Waals surface area contributed by atoms with Gasteiger partial charge in [0.15, 0.2) is 0 Å². The van der Waals surface area contributed by atoms with E-state index in [2.05, 4.69) is 15.9 Å². The molecule has 0 radical (unpaired) electrons. The molecule has 0 bridgehead atoms. The zero-order chi connectivity index (χ0) is 11.1. The van der Waals surface area contributed by atoms with Crippen molar-refractivity contribution in [2.45, 2.75) is 6.18 Å². The molecule has 0 spiro atoms. The lowest BCUT2D eigenvalue weighted by molar-refractivity contribution is -0.137. The summed E-state index contributed by atoms with van der Waals surface area (Å²) in [6.45, 7) is 0. The molecular weight excluding hydrogens is 269 g/mol. The van der Waals surface area contributed by atoms with Gasteiger partial charge in [0.1, 0.15) is 0 Å². The standard InChI is InChI=1S/C11H6BrF3/c12-10-3-1-2-7-6-8(11(13,14)15)4-5-9(7)10/h1-6H. The van der Waals surface area contributed by atoms with Gasteiger partial charge >= 0.3 is 6.18 Å². The van der Waals surface area contributed by atoms with Gasteiger partial charge in [0.2, 0.25) is 0 Å². The van der Waals surface area contributed by atoms with Crippen molar-refractivity contribution in [3.63, 3.8) is 0 Å². The Balaban J connectivity index is 2.68. The number of benzene rings is 2. The van der Waals surface area contributed by atoms with Gasteiger partial charge in [0.25, 0.3) is 0 Å². The normalized spacial score (nSPS) is 12.0. The lowest BCUT2D eigenvalue weighted by Crippen LogP contribution is -2.04. The lowest BCUT2D eigenvalue weighted by atomic mass is 10.1. The van der Waals surface area contributed by atoms with E-state index in [9.17, 15) is 13.2 Å². The molecule has 0 heterocycles. The highest BCUT2D eigenvalue weighted by Gasteiger charge is 2.30. The molecule has 0 amide bonds. The number of alkyl halides is 3. The minimum Gasteiger partial charge on any atom is -0.166 e. The molecule has 15 heavy (non-hydrogen) atoms. The molecule has 0 saturated carbocycles. The van der Waals surface area contributed by atoms with E-state index in [4.69, 9.17) is 0 Å². The predicted molar refractivity (Wildman–Crippen MR) is 56.7 cm³/mol. The molecule has 2 aromatic carbocycles. The van der Waals surface area contributed by atoms with Crippen molar-refractivity contribution in [2.75, 3.05) is 0 Å². The molecule has 0 aliphatic rings. The first kappa shape index (κ1) is 10.5. The molecule has 0 fully saturated rings. The molecule has 0 aliphatic carbocycles. The summed E-state index contributed by atoms with van der Waals surface area (Å²) in [6, 6.07) is 8.90. The number of fused-ring (bicyclic) bond motifs is 1. The summed E-state index contributed by atoms with van der Waals surface area (Å²) in [5.74, 6) is 0. The number of halogens is 4. The van der Waals surface area contributed by atoms with Gasteiger partial charge in [-0.1, -0.05) is 34.1 Å². The second kappa shape index (κ2) is 3.52. The van der Waals surface area contributed by atoms with Gasteiger partial charge in [-0.15, -0.1) is 0 Å². The fraction of sp³-hybridized carbons (Fsp3) is 0.0909. The number of hydrogen-bond donors (Lipinski definition) is 0. The summed E-state index contributed by atoms with van der Waals surface area (Å²) in [5, 5.41) is 1.37. The number of hydrogen-bond acceptors (Lipinski definition) is 0. The van der Waals surface area contributed by atoms with E-state index in [1.165, 1.54) is 6.07 Å². The summed E-state index contributed by atoms with van der Waals surface area (Å²) >= 11 is 3.29. The Bertz CT molecular complexity index is 503. The maximum Gasteiger partial charge on any atom is 0.416 e. The van der Waals surface area contributed by atoms with Crippen molar-refractivity contribution in [2.24, 2.45) is 0 Å². The topological polar surface area (TPSA) is 0 Å². The monoisotopic (exact) mass is 274 g/mol. The maximum absolute atomic E-state index is 12.4. The summed E-state index contributed by atoms with van der Waals surface area (Å²) < 4.78 is 38.0.